The van der Waals surface area contributed by atoms with Gasteiger partial charge in [-0.2, -0.15) is 0 Å². The molecule has 5 rings (SSSR count). The Morgan fingerprint density at radius 1 is 1.17 bits per heavy atom. The standard InChI is InChI=1S/C22H28N4O3/c27-18-6-5-17(20(28)25-18)26-13-15-4-1-3-14(19(15)21(26)29)11-23-12-16-7-10-24-22(16)8-2-9-22/h1,3-4,16-17,23-24H,2,5-13H2,(H,25,27,28). The molecule has 3 heterocycles. The van der Waals surface area contributed by atoms with Crippen molar-refractivity contribution in [1.82, 2.24) is 20.9 Å². The fraction of sp³-hybridized carbons (Fsp3) is 0.591. The molecule has 2 atom stereocenters. The maximum absolute atomic E-state index is 13.1. The van der Waals surface area contributed by atoms with Crippen molar-refractivity contribution in [2.24, 2.45) is 5.92 Å². The fourth-order valence-electron chi connectivity index (χ4n) is 5.57. The van der Waals surface area contributed by atoms with E-state index < -0.39 is 6.04 Å². The van der Waals surface area contributed by atoms with E-state index in [0.717, 1.165) is 29.8 Å². The first kappa shape index (κ1) is 18.8. The third-order valence-corrected chi connectivity index (χ3v) is 7.34. The van der Waals surface area contributed by atoms with Crippen molar-refractivity contribution in [3.8, 4) is 0 Å². The Hall–Kier alpha value is -2.25. The minimum atomic E-state index is -0.559. The van der Waals surface area contributed by atoms with E-state index in [1.54, 1.807) is 4.90 Å². The van der Waals surface area contributed by atoms with Crippen molar-refractivity contribution in [1.29, 1.82) is 0 Å². The van der Waals surface area contributed by atoms with Crippen LogP contribution in [-0.2, 0) is 22.7 Å². The van der Waals surface area contributed by atoms with E-state index in [0.29, 0.717) is 31.0 Å². The summed E-state index contributed by atoms with van der Waals surface area (Å²) in [5.41, 5.74) is 3.05. The zero-order chi connectivity index (χ0) is 20.0. The predicted molar refractivity (Wildman–Crippen MR) is 107 cm³/mol. The Morgan fingerprint density at radius 3 is 2.79 bits per heavy atom. The summed E-state index contributed by atoms with van der Waals surface area (Å²) in [6.45, 7) is 3.16. The molecule has 4 aliphatic rings. The van der Waals surface area contributed by atoms with Gasteiger partial charge in [-0.3, -0.25) is 19.7 Å². The molecule has 3 N–H and O–H groups in total. The second-order valence-electron chi connectivity index (χ2n) is 8.90. The molecule has 7 nitrogen and oxygen atoms in total. The summed E-state index contributed by atoms with van der Waals surface area (Å²) < 4.78 is 0. The lowest BCUT2D eigenvalue weighted by atomic mass is 9.69. The molecule has 1 aromatic carbocycles. The van der Waals surface area contributed by atoms with Gasteiger partial charge in [-0.15, -0.1) is 0 Å². The van der Waals surface area contributed by atoms with Gasteiger partial charge in [0.15, 0.2) is 0 Å². The average Bonchev–Trinajstić information content (AvgIpc) is 3.24. The van der Waals surface area contributed by atoms with Crippen LogP contribution in [-0.4, -0.2) is 47.3 Å². The van der Waals surface area contributed by atoms with Crippen LogP contribution in [0.5, 0.6) is 0 Å². The SMILES string of the molecule is O=C1CCC(N2Cc3cccc(CNCC4CCNC45CCC5)c3C2=O)C(=O)N1. The first-order valence-corrected chi connectivity index (χ1v) is 10.8. The number of piperidine rings is 1. The molecule has 1 aromatic rings. The van der Waals surface area contributed by atoms with Crippen LogP contribution in [0.1, 0.15) is 60.0 Å². The Kier molecular flexibility index (Phi) is 4.67. The van der Waals surface area contributed by atoms with Gasteiger partial charge in [0.2, 0.25) is 11.8 Å². The maximum atomic E-state index is 13.1. The molecule has 3 fully saturated rings. The molecule has 7 heteroatoms. The van der Waals surface area contributed by atoms with Crippen LogP contribution in [0.3, 0.4) is 0 Å². The smallest absolute Gasteiger partial charge is 0.255 e. The van der Waals surface area contributed by atoms with Crippen molar-refractivity contribution < 1.29 is 14.4 Å². The number of amides is 3. The number of imide groups is 1. The molecule has 3 aliphatic heterocycles. The van der Waals surface area contributed by atoms with E-state index in [4.69, 9.17) is 0 Å². The van der Waals surface area contributed by atoms with Gasteiger partial charge in [0.05, 0.1) is 0 Å². The molecule has 0 bridgehead atoms. The zero-order valence-electron chi connectivity index (χ0n) is 16.6. The van der Waals surface area contributed by atoms with Crippen molar-refractivity contribution in [2.75, 3.05) is 13.1 Å². The Balaban J connectivity index is 1.26. The largest absolute Gasteiger partial charge is 0.322 e. The topological polar surface area (TPSA) is 90.5 Å². The molecule has 1 saturated carbocycles. The van der Waals surface area contributed by atoms with E-state index >= 15 is 0 Å². The van der Waals surface area contributed by atoms with Gasteiger partial charge < -0.3 is 15.5 Å². The minimum Gasteiger partial charge on any atom is -0.322 e. The van der Waals surface area contributed by atoms with E-state index in [-0.39, 0.29) is 24.1 Å². The summed E-state index contributed by atoms with van der Waals surface area (Å²) in [6, 6.07) is 5.40. The summed E-state index contributed by atoms with van der Waals surface area (Å²) in [7, 11) is 0. The van der Waals surface area contributed by atoms with E-state index in [9.17, 15) is 14.4 Å². The highest BCUT2D eigenvalue weighted by Crippen LogP contribution is 2.42. The van der Waals surface area contributed by atoms with Gasteiger partial charge in [-0.05, 0) is 55.7 Å². The number of nitrogens with one attached hydrogen (secondary N) is 3. The summed E-state index contributed by atoms with van der Waals surface area (Å²) in [6.07, 6.45) is 5.76. The average molecular weight is 396 g/mol. The summed E-state index contributed by atoms with van der Waals surface area (Å²) in [5.74, 6) is -0.0545. The number of hydrogen-bond acceptors (Lipinski definition) is 5. The normalized spacial score (nSPS) is 27.9. The van der Waals surface area contributed by atoms with Crippen molar-refractivity contribution in [2.45, 2.75) is 63.2 Å². The van der Waals surface area contributed by atoms with Gasteiger partial charge in [0, 0.05) is 37.2 Å². The van der Waals surface area contributed by atoms with Crippen LogP contribution in [0.2, 0.25) is 0 Å². The predicted octanol–water partition coefficient (Wildman–Crippen LogP) is 1.07. The molecule has 1 aliphatic carbocycles. The number of benzene rings is 1. The van der Waals surface area contributed by atoms with Crippen LogP contribution in [0, 0.1) is 5.92 Å². The summed E-state index contributed by atoms with van der Waals surface area (Å²) in [5, 5.41) is 9.66. The van der Waals surface area contributed by atoms with Gasteiger partial charge in [-0.1, -0.05) is 18.2 Å². The Bertz CT molecular complexity index is 864. The number of carbonyl (C=O) groups excluding carboxylic acids is 3. The molecule has 2 saturated heterocycles. The van der Waals surface area contributed by atoms with E-state index in [1.807, 2.05) is 18.2 Å². The molecule has 3 amide bonds. The second-order valence-corrected chi connectivity index (χ2v) is 8.90. The third kappa shape index (κ3) is 3.16. The zero-order valence-corrected chi connectivity index (χ0v) is 16.6. The first-order valence-electron chi connectivity index (χ1n) is 10.8. The van der Waals surface area contributed by atoms with E-state index in [2.05, 4.69) is 16.0 Å². The lowest BCUT2D eigenvalue weighted by Crippen LogP contribution is -2.53. The molecular formula is C22H28N4O3. The van der Waals surface area contributed by atoms with Gasteiger partial charge >= 0.3 is 0 Å². The van der Waals surface area contributed by atoms with Crippen molar-refractivity contribution in [3.05, 3.63) is 34.9 Å². The van der Waals surface area contributed by atoms with Crippen LogP contribution in [0.4, 0.5) is 0 Å². The molecule has 0 radical (unpaired) electrons. The molecule has 2 unspecified atom stereocenters. The highest BCUT2D eigenvalue weighted by Gasteiger charge is 2.46. The number of fused-ring (bicyclic) bond motifs is 1. The number of nitrogens with zero attached hydrogens (tertiary/aromatic N) is 1. The number of rotatable bonds is 5. The minimum absolute atomic E-state index is 0.0927. The number of carbonyl (C=O) groups is 3. The van der Waals surface area contributed by atoms with Gasteiger partial charge in [-0.25, -0.2) is 0 Å². The van der Waals surface area contributed by atoms with Crippen molar-refractivity contribution >= 4 is 17.7 Å². The number of hydrogen-bond donors (Lipinski definition) is 3. The van der Waals surface area contributed by atoms with Gasteiger partial charge in [0.1, 0.15) is 6.04 Å². The Morgan fingerprint density at radius 2 is 2.03 bits per heavy atom. The highest BCUT2D eigenvalue weighted by molar-refractivity contribution is 6.05. The fourth-order valence-corrected chi connectivity index (χ4v) is 5.57. The molecular weight excluding hydrogens is 368 g/mol. The van der Waals surface area contributed by atoms with Crippen LogP contribution < -0.4 is 16.0 Å². The Labute approximate surface area is 170 Å². The highest BCUT2D eigenvalue weighted by atomic mass is 16.2. The lowest BCUT2D eigenvalue weighted by molar-refractivity contribution is -0.136. The third-order valence-electron chi connectivity index (χ3n) is 7.34. The lowest BCUT2D eigenvalue weighted by Gasteiger charge is -2.44. The summed E-state index contributed by atoms with van der Waals surface area (Å²) in [4.78, 5) is 38.5. The molecule has 1 spiro atoms. The van der Waals surface area contributed by atoms with Crippen LogP contribution in [0.15, 0.2) is 18.2 Å². The monoisotopic (exact) mass is 396 g/mol. The second kappa shape index (κ2) is 7.22. The quantitative estimate of drug-likeness (QED) is 0.648. The summed E-state index contributed by atoms with van der Waals surface area (Å²) >= 11 is 0. The van der Waals surface area contributed by atoms with Gasteiger partial charge in [0.25, 0.3) is 5.91 Å². The van der Waals surface area contributed by atoms with E-state index in [1.165, 1.54) is 25.7 Å². The van der Waals surface area contributed by atoms with Crippen molar-refractivity contribution in [3.63, 3.8) is 0 Å². The molecule has 154 valence electrons. The molecule has 29 heavy (non-hydrogen) atoms. The maximum Gasteiger partial charge on any atom is 0.255 e. The van der Waals surface area contributed by atoms with Crippen LogP contribution in [0.25, 0.3) is 0 Å². The molecule has 0 aromatic heterocycles. The van der Waals surface area contributed by atoms with Crippen LogP contribution >= 0.6 is 0 Å². The first-order chi connectivity index (χ1) is 14.1.